The average molecular weight is 201 g/mol. The summed E-state index contributed by atoms with van der Waals surface area (Å²) in [6.45, 7) is 6.94. The van der Waals surface area contributed by atoms with E-state index >= 15 is 0 Å². The molecule has 0 spiro atoms. The molecule has 0 aromatic rings. The molecule has 74 valence electrons. The number of hydrogen-bond donors (Lipinski definition) is 0. The van der Waals surface area contributed by atoms with Crippen LogP contribution in [-0.2, 0) is 4.74 Å². The van der Waals surface area contributed by atoms with E-state index in [2.05, 4.69) is 9.24 Å². The molecule has 0 bridgehead atoms. The Bertz CT molecular complexity index is 242. The lowest BCUT2D eigenvalue weighted by atomic mass is 10.2. The Labute approximate surface area is 81.3 Å². The summed E-state index contributed by atoms with van der Waals surface area (Å²) in [6, 6.07) is 0. The molecule has 1 aliphatic heterocycles. The minimum absolute atomic E-state index is 0.235. The molecule has 1 unspecified atom stereocenters. The monoisotopic (exact) mass is 201 g/mol. The summed E-state index contributed by atoms with van der Waals surface area (Å²) >= 11 is 0. The van der Waals surface area contributed by atoms with Crippen LogP contribution in [0, 0.1) is 0 Å². The van der Waals surface area contributed by atoms with Crippen molar-refractivity contribution >= 4 is 15.3 Å². The van der Waals surface area contributed by atoms with Gasteiger partial charge in [0.1, 0.15) is 5.60 Å². The van der Waals surface area contributed by atoms with Gasteiger partial charge in [-0.2, -0.15) is 0 Å². The molecular weight excluding hydrogens is 185 g/mol. The van der Waals surface area contributed by atoms with E-state index in [9.17, 15) is 4.79 Å². The van der Waals surface area contributed by atoms with Gasteiger partial charge < -0.3 is 9.64 Å². The number of carbonyl (C=O) groups is 1. The fraction of sp³-hybridized carbons (Fsp3) is 0.667. The maximum absolute atomic E-state index is 11.5. The lowest BCUT2D eigenvalue weighted by Gasteiger charge is -2.24. The van der Waals surface area contributed by atoms with E-state index in [-0.39, 0.29) is 6.09 Å². The summed E-state index contributed by atoms with van der Waals surface area (Å²) in [5.41, 5.74) is -0.402. The molecule has 3 nitrogen and oxygen atoms in total. The van der Waals surface area contributed by atoms with Crippen molar-refractivity contribution in [1.29, 1.82) is 0 Å². The van der Waals surface area contributed by atoms with Gasteiger partial charge >= 0.3 is 6.09 Å². The Kier molecular flexibility index (Phi) is 2.97. The minimum Gasteiger partial charge on any atom is -0.444 e. The standard InChI is InChI=1S/C9H16NO2P/c1-9(2,3)12-8(11)10-5-4-7(13)6-10/h4H,5-6,13H2,1-3H3. The van der Waals surface area contributed by atoms with Crippen LogP contribution in [0.5, 0.6) is 0 Å². The van der Waals surface area contributed by atoms with Crippen LogP contribution < -0.4 is 0 Å². The first-order valence-electron chi connectivity index (χ1n) is 4.31. The van der Waals surface area contributed by atoms with Gasteiger partial charge in [0, 0.05) is 13.1 Å². The van der Waals surface area contributed by atoms with Gasteiger partial charge in [0.15, 0.2) is 0 Å². The second-order valence-corrected chi connectivity index (χ2v) is 4.88. The van der Waals surface area contributed by atoms with Crippen molar-refractivity contribution in [3.63, 3.8) is 0 Å². The molecule has 1 amide bonds. The maximum Gasteiger partial charge on any atom is 0.410 e. The van der Waals surface area contributed by atoms with Crippen molar-refractivity contribution in [2.45, 2.75) is 26.4 Å². The number of ether oxygens (including phenoxy) is 1. The maximum atomic E-state index is 11.5. The Balaban J connectivity index is 2.43. The van der Waals surface area contributed by atoms with Crippen LogP contribution in [0.25, 0.3) is 0 Å². The molecule has 0 aromatic heterocycles. The van der Waals surface area contributed by atoms with Crippen LogP contribution in [0.2, 0.25) is 0 Å². The number of amides is 1. The quantitative estimate of drug-likeness (QED) is 0.561. The van der Waals surface area contributed by atoms with Crippen molar-refractivity contribution in [1.82, 2.24) is 4.90 Å². The van der Waals surface area contributed by atoms with Gasteiger partial charge in [-0.3, -0.25) is 0 Å². The smallest absolute Gasteiger partial charge is 0.410 e. The molecule has 13 heavy (non-hydrogen) atoms. The van der Waals surface area contributed by atoms with Gasteiger partial charge in [-0.05, 0) is 26.1 Å². The van der Waals surface area contributed by atoms with Crippen LogP contribution in [-0.4, -0.2) is 29.7 Å². The van der Waals surface area contributed by atoms with Crippen molar-refractivity contribution in [2.75, 3.05) is 13.1 Å². The van der Waals surface area contributed by atoms with E-state index in [1.54, 1.807) is 4.90 Å². The summed E-state index contributed by atoms with van der Waals surface area (Å²) in [7, 11) is 2.60. The first kappa shape index (κ1) is 10.5. The van der Waals surface area contributed by atoms with Crippen LogP contribution in [0.1, 0.15) is 20.8 Å². The first-order valence-corrected chi connectivity index (χ1v) is 4.88. The third-order valence-corrected chi connectivity index (χ3v) is 2.02. The van der Waals surface area contributed by atoms with Gasteiger partial charge in [-0.15, -0.1) is 9.24 Å². The van der Waals surface area contributed by atoms with Crippen molar-refractivity contribution in [3.05, 3.63) is 11.4 Å². The molecular formula is C9H16NO2P. The van der Waals surface area contributed by atoms with Crippen LogP contribution in [0.4, 0.5) is 4.79 Å². The highest BCUT2D eigenvalue weighted by Crippen LogP contribution is 2.18. The van der Waals surface area contributed by atoms with E-state index < -0.39 is 5.60 Å². The Morgan fingerprint density at radius 3 is 2.62 bits per heavy atom. The summed E-state index contributed by atoms with van der Waals surface area (Å²) in [5, 5.41) is 1.14. The number of rotatable bonds is 0. The Morgan fingerprint density at radius 2 is 2.23 bits per heavy atom. The van der Waals surface area contributed by atoms with E-state index in [0.717, 1.165) is 5.31 Å². The summed E-state index contributed by atoms with van der Waals surface area (Å²) < 4.78 is 5.21. The topological polar surface area (TPSA) is 29.5 Å². The van der Waals surface area contributed by atoms with Crippen molar-refractivity contribution in [2.24, 2.45) is 0 Å². The zero-order chi connectivity index (χ0) is 10.1. The van der Waals surface area contributed by atoms with Gasteiger partial charge in [0.25, 0.3) is 0 Å². The number of hydrogen-bond acceptors (Lipinski definition) is 2. The van der Waals surface area contributed by atoms with Crippen LogP contribution >= 0.6 is 9.24 Å². The lowest BCUT2D eigenvalue weighted by Crippen LogP contribution is -2.35. The molecule has 1 rings (SSSR count). The van der Waals surface area contributed by atoms with E-state index in [1.165, 1.54) is 0 Å². The van der Waals surface area contributed by atoms with Gasteiger partial charge in [-0.25, -0.2) is 4.79 Å². The summed E-state index contributed by atoms with van der Waals surface area (Å²) in [5.74, 6) is 0. The Hall–Kier alpha value is -0.560. The number of carbonyl (C=O) groups excluding carboxylic acids is 1. The Morgan fingerprint density at radius 1 is 1.62 bits per heavy atom. The molecule has 1 atom stereocenters. The highest BCUT2D eigenvalue weighted by molar-refractivity contribution is 7.22. The first-order chi connectivity index (χ1) is 5.88. The molecule has 0 saturated carbocycles. The van der Waals surface area contributed by atoms with E-state index in [4.69, 9.17) is 4.74 Å². The molecule has 0 aliphatic carbocycles. The zero-order valence-electron chi connectivity index (χ0n) is 8.33. The second-order valence-electron chi connectivity index (χ2n) is 4.14. The third-order valence-electron chi connectivity index (χ3n) is 1.60. The highest BCUT2D eigenvalue weighted by Gasteiger charge is 2.23. The molecule has 0 N–H and O–H groups in total. The van der Waals surface area contributed by atoms with E-state index in [1.807, 2.05) is 26.8 Å². The zero-order valence-corrected chi connectivity index (χ0v) is 9.49. The molecule has 0 saturated heterocycles. The highest BCUT2D eigenvalue weighted by atomic mass is 31.0. The molecule has 0 radical (unpaired) electrons. The van der Waals surface area contributed by atoms with Gasteiger partial charge in [-0.1, -0.05) is 6.08 Å². The largest absolute Gasteiger partial charge is 0.444 e. The number of nitrogens with zero attached hydrogens (tertiary/aromatic N) is 1. The van der Waals surface area contributed by atoms with Crippen molar-refractivity contribution < 1.29 is 9.53 Å². The summed E-state index contributed by atoms with van der Waals surface area (Å²) in [4.78, 5) is 13.1. The predicted molar refractivity (Wildman–Crippen MR) is 55.6 cm³/mol. The van der Waals surface area contributed by atoms with Crippen molar-refractivity contribution in [3.8, 4) is 0 Å². The summed E-state index contributed by atoms with van der Waals surface area (Å²) in [6.07, 6.45) is 1.77. The van der Waals surface area contributed by atoms with Crippen LogP contribution in [0.15, 0.2) is 11.4 Å². The normalized spacial score (nSPS) is 17.2. The fourth-order valence-corrected chi connectivity index (χ4v) is 1.37. The molecule has 1 heterocycles. The van der Waals surface area contributed by atoms with Gasteiger partial charge in [0.2, 0.25) is 0 Å². The van der Waals surface area contributed by atoms with Crippen LogP contribution in [0.3, 0.4) is 0 Å². The lowest BCUT2D eigenvalue weighted by molar-refractivity contribution is 0.0303. The average Bonchev–Trinajstić information content (AvgIpc) is 2.31. The second kappa shape index (κ2) is 3.67. The molecule has 4 heteroatoms. The van der Waals surface area contributed by atoms with Gasteiger partial charge in [0.05, 0.1) is 0 Å². The minimum atomic E-state index is -0.402. The predicted octanol–water partition coefficient (Wildman–Crippen LogP) is 2.00. The molecule has 0 aromatic carbocycles. The molecule has 0 fully saturated rings. The fourth-order valence-electron chi connectivity index (χ4n) is 1.04. The molecule has 1 aliphatic rings. The third kappa shape index (κ3) is 3.35. The van der Waals surface area contributed by atoms with E-state index in [0.29, 0.717) is 13.1 Å². The SMILES string of the molecule is CC(C)(C)OC(=O)N1CC=C(P)C1.